The predicted molar refractivity (Wildman–Crippen MR) is 165 cm³/mol. The molecule has 4 heterocycles. The lowest BCUT2D eigenvalue weighted by atomic mass is 9.70. The van der Waals surface area contributed by atoms with Crippen LogP contribution in [-0.2, 0) is 19.1 Å². The molecule has 4 saturated heterocycles. The van der Waals surface area contributed by atoms with Gasteiger partial charge in [-0.25, -0.2) is 0 Å². The Morgan fingerprint density at radius 3 is 2.50 bits per heavy atom. The first-order chi connectivity index (χ1) is 20.5. The zero-order valence-electron chi connectivity index (χ0n) is 24.4. The van der Waals surface area contributed by atoms with E-state index in [1.54, 1.807) is 33.7 Å². The molecule has 5 atom stereocenters. The Morgan fingerprint density at radius 2 is 1.81 bits per heavy atom. The number of thioether (sulfide) groups is 1. The number of carbonyl (C=O) groups is 3. The molecule has 3 amide bonds. The van der Waals surface area contributed by atoms with Gasteiger partial charge in [-0.05, 0) is 37.8 Å². The average Bonchev–Trinajstić information content (AvgIpc) is 3.66. The maximum absolute atomic E-state index is 14.5. The molecule has 1 N–H and O–H groups in total. The largest absolute Gasteiger partial charge is 0.396 e. The minimum Gasteiger partial charge on any atom is -0.396 e. The van der Waals surface area contributed by atoms with Crippen LogP contribution in [0.2, 0.25) is 0 Å². The van der Waals surface area contributed by atoms with E-state index in [0.29, 0.717) is 52.2 Å². The molecule has 2 unspecified atom stereocenters. The molecule has 4 fully saturated rings. The van der Waals surface area contributed by atoms with Crippen LogP contribution in [0.15, 0.2) is 55.6 Å². The number of morpholine rings is 1. The lowest BCUT2D eigenvalue weighted by molar-refractivity contribution is -0.142. The third-order valence-corrected chi connectivity index (χ3v) is 11.2. The number of aliphatic hydroxyl groups is 1. The monoisotopic (exact) mass is 596 g/mol. The highest BCUT2D eigenvalue weighted by molar-refractivity contribution is 8.02. The zero-order valence-corrected chi connectivity index (χ0v) is 25.3. The van der Waals surface area contributed by atoms with Gasteiger partial charge in [0.1, 0.15) is 6.04 Å². The van der Waals surface area contributed by atoms with Crippen molar-refractivity contribution in [3.63, 3.8) is 0 Å². The van der Waals surface area contributed by atoms with Gasteiger partial charge in [-0.1, -0.05) is 30.4 Å². The van der Waals surface area contributed by atoms with E-state index < -0.39 is 22.6 Å². The number of fused-ring (bicyclic) bond motifs is 1. The fourth-order valence-electron chi connectivity index (χ4n) is 7.30. The molecule has 1 spiro atoms. The highest BCUT2D eigenvalue weighted by Gasteiger charge is 2.74. The Morgan fingerprint density at radius 1 is 1.07 bits per heavy atom. The van der Waals surface area contributed by atoms with E-state index in [2.05, 4.69) is 18.1 Å². The molecule has 10 heteroatoms. The molecule has 2 bridgehead atoms. The fraction of sp³-hybridized carbons (Fsp3) is 0.594. The molecule has 42 heavy (non-hydrogen) atoms. The smallest absolute Gasteiger partial charge is 0.247 e. The average molecular weight is 597 g/mol. The van der Waals surface area contributed by atoms with Crippen LogP contribution < -0.4 is 4.90 Å². The van der Waals surface area contributed by atoms with Gasteiger partial charge in [0.05, 0.1) is 29.8 Å². The van der Waals surface area contributed by atoms with Gasteiger partial charge in [-0.3, -0.25) is 19.3 Å². The summed E-state index contributed by atoms with van der Waals surface area (Å²) in [6.45, 7) is 13.3. The molecule has 228 valence electrons. The van der Waals surface area contributed by atoms with Gasteiger partial charge in [0.25, 0.3) is 0 Å². The van der Waals surface area contributed by atoms with E-state index in [0.717, 1.165) is 38.2 Å². The van der Waals surface area contributed by atoms with Crippen LogP contribution in [0.25, 0.3) is 0 Å². The van der Waals surface area contributed by atoms with Crippen LogP contribution in [0.1, 0.15) is 25.7 Å². The highest BCUT2D eigenvalue weighted by atomic mass is 32.2. The van der Waals surface area contributed by atoms with Crippen molar-refractivity contribution in [3.05, 3.63) is 55.6 Å². The normalized spacial score (nSPS) is 28.5. The third-order valence-electron chi connectivity index (χ3n) is 9.22. The van der Waals surface area contributed by atoms with Crippen molar-refractivity contribution in [2.75, 3.05) is 70.5 Å². The summed E-state index contributed by atoms with van der Waals surface area (Å²) in [6, 6.07) is 8.89. The summed E-state index contributed by atoms with van der Waals surface area (Å²) in [4.78, 5) is 50.8. The van der Waals surface area contributed by atoms with E-state index >= 15 is 0 Å². The van der Waals surface area contributed by atoms with Gasteiger partial charge < -0.3 is 24.5 Å². The summed E-state index contributed by atoms with van der Waals surface area (Å²) < 4.78 is 4.84. The molecule has 1 aromatic rings. The fourth-order valence-corrected chi connectivity index (χ4v) is 9.50. The van der Waals surface area contributed by atoms with Crippen LogP contribution in [0.4, 0.5) is 5.69 Å². The van der Waals surface area contributed by atoms with E-state index in [4.69, 9.17) is 4.74 Å². The number of carbonyl (C=O) groups excluding carboxylic acids is 3. The number of aliphatic hydroxyl groups excluding tert-OH is 1. The Bertz CT molecular complexity index is 1140. The number of likely N-dealkylation sites (tertiary alicyclic amines) is 1. The molecular formula is C32H44N4O5S. The number of hydrogen-bond acceptors (Lipinski definition) is 7. The first-order valence-corrected chi connectivity index (χ1v) is 16.1. The van der Waals surface area contributed by atoms with Gasteiger partial charge in [0, 0.05) is 63.4 Å². The second-order valence-electron chi connectivity index (χ2n) is 11.6. The van der Waals surface area contributed by atoms with Crippen LogP contribution in [0.5, 0.6) is 0 Å². The maximum Gasteiger partial charge on any atom is 0.247 e. The van der Waals surface area contributed by atoms with Gasteiger partial charge in [0.15, 0.2) is 0 Å². The lowest BCUT2D eigenvalue weighted by Crippen LogP contribution is -2.56. The van der Waals surface area contributed by atoms with Crippen molar-refractivity contribution >= 4 is 35.2 Å². The summed E-state index contributed by atoms with van der Waals surface area (Å²) >= 11 is 1.70. The van der Waals surface area contributed by atoms with E-state index in [9.17, 15) is 19.5 Å². The van der Waals surface area contributed by atoms with Crippen molar-refractivity contribution in [2.24, 2.45) is 11.8 Å². The first kappa shape index (κ1) is 30.8. The SMILES string of the molecule is C=CCN(CCN1CCOCC1)C(=O)C1N(CCCCO)C(=O)[C@@H]2[C@H](C(=O)N(CC=C)c3ccccc3)[C@@H]3CCC12S3. The van der Waals surface area contributed by atoms with Gasteiger partial charge in [-0.15, -0.1) is 24.9 Å². The number of nitrogens with zero attached hydrogens (tertiary/aromatic N) is 4. The first-order valence-electron chi connectivity index (χ1n) is 15.2. The number of unbranched alkanes of at least 4 members (excludes halogenated alkanes) is 1. The van der Waals surface area contributed by atoms with Gasteiger partial charge in [-0.2, -0.15) is 0 Å². The molecule has 1 aromatic carbocycles. The molecule has 0 radical (unpaired) electrons. The lowest BCUT2D eigenvalue weighted by Gasteiger charge is -2.38. The summed E-state index contributed by atoms with van der Waals surface area (Å²) in [5.74, 6) is -1.29. The molecule has 4 aliphatic heterocycles. The van der Waals surface area contributed by atoms with Crippen LogP contribution >= 0.6 is 11.8 Å². The summed E-state index contributed by atoms with van der Waals surface area (Å²) in [5.41, 5.74) is 0.780. The Balaban J connectivity index is 1.45. The number of benzene rings is 1. The number of rotatable bonds is 14. The molecular weight excluding hydrogens is 552 g/mol. The quantitative estimate of drug-likeness (QED) is 0.261. The predicted octanol–water partition coefficient (Wildman–Crippen LogP) is 2.42. The topological polar surface area (TPSA) is 93.6 Å². The minimum atomic E-state index is -0.646. The third kappa shape index (κ3) is 5.78. The molecule has 5 rings (SSSR count). The Kier molecular flexibility index (Phi) is 10.1. The van der Waals surface area contributed by atoms with Crippen molar-refractivity contribution in [3.8, 4) is 0 Å². The Hall–Kier alpha value is -2.66. The summed E-state index contributed by atoms with van der Waals surface area (Å²) in [7, 11) is 0. The highest BCUT2D eigenvalue weighted by Crippen LogP contribution is 2.66. The molecule has 0 aromatic heterocycles. The molecule has 9 nitrogen and oxygen atoms in total. The summed E-state index contributed by atoms with van der Waals surface area (Å²) in [6.07, 6.45) is 6.14. The second-order valence-corrected chi connectivity index (χ2v) is 13.2. The van der Waals surface area contributed by atoms with Crippen LogP contribution in [0, 0.1) is 11.8 Å². The van der Waals surface area contributed by atoms with E-state index in [1.165, 1.54) is 0 Å². The van der Waals surface area contributed by atoms with Crippen molar-refractivity contribution in [1.29, 1.82) is 0 Å². The Labute approximate surface area is 253 Å². The molecule has 0 saturated carbocycles. The minimum absolute atomic E-state index is 0.0152. The number of para-hydroxylation sites is 1. The second kappa shape index (κ2) is 13.8. The van der Waals surface area contributed by atoms with E-state index in [-0.39, 0.29) is 29.6 Å². The van der Waals surface area contributed by atoms with Crippen LogP contribution in [0.3, 0.4) is 0 Å². The summed E-state index contributed by atoms with van der Waals surface area (Å²) in [5, 5.41) is 9.45. The molecule has 0 aliphatic carbocycles. The van der Waals surface area contributed by atoms with Crippen molar-refractivity contribution < 1.29 is 24.2 Å². The maximum atomic E-state index is 14.5. The van der Waals surface area contributed by atoms with Gasteiger partial charge in [0.2, 0.25) is 17.7 Å². The van der Waals surface area contributed by atoms with Gasteiger partial charge >= 0.3 is 0 Å². The number of anilines is 1. The van der Waals surface area contributed by atoms with Crippen molar-refractivity contribution in [1.82, 2.24) is 14.7 Å². The number of ether oxygens (including phenoxy) is 1. The van der Waals surface area contributed by atoms with Crippen LogP contribution in [-0.4, -0.2) is 119 Å². The molecule has 4 aliphatic rings. The standard InChI is InChI=1S/C32H44N4O5S/c1-3-14-34(18-17-33-19-22-41-23-20-33)31(40)28-32-13-12-25(42-32)26(27(32)30(39)36(28)16-8-9-21-37)29(38)35(15-4-2)24-10-6-5-7-11-24/h3-7,10-11,25-28,37H,1-2,8-9,12-23H2/t25-,26+,27-,28?,32?/m0/s1. The van der Waals surface area contributed by atoms with E-state index in [1.807, 2.05) is 35.2 Å². The number of hydrogen-bond donors (Lipinski definition) is 1. The van der Waals surface area contributed by atoms with Crippen molar-refractivity contribution in [2.45, 2.75) is 41.7 Å². The number of amides is 3. The zero-order chi connectivity index (χ0) is 29.7.